The first-order valence-corrected chi connectivity index (χ1v) is 9.05. The van der Waals surface area contributed by atoms with Crippen molar-refractivity contribution in [1.29, 1.82) is 0 Å². The van der Waals surface area contributed by atoms with E-state index in [2.05, 4.69) is 0 Å². The van der Waals surface area contributed by atoms with E-state index in [1.54, 1.807) is 12.1 Å². The fourth-order valence-electron chi connectivity index (χ4n) is 1.28. The zero-order chi connectivity index (χ0) is 13.1. The zero-order valence-corrected chi connectivity index (χ0v) is 11.6. The van der Waals surface area contributed by atoms with Gasteiger partial charge in [0.15, 0.2) is 9.84 Å². The lowest BCUT2D eigenvalue weighted by molar-refractivity contribution is 0.593. The van der Waals surface area contributed by atoms with Crippen molar-refractivity contribution < 1.29 is 16.8 Å². The molecule has 1 rings (SSSR count). The molecule has 0 unspecified atom stereocenters. The average Bonchev–Trinajstić information content (AvgIpc) is 2.15. The molecule has 0 atom stereocenters. The van der Waals surface area contributed by atoms with Gasteiger partial charge in [-0.2, -0.15) is 0 Å². The first-order valence-electron chi connectivity index (χ1n) is 4.92. The minimum atomic E-state index is -3.63. The fraction of sp³-hybridized carbons (Fsp3) is 0.400. The molecule has 4 nitrogen and oxygen atoms in total. The third kappa shape index (κ3) is 5.06. The third-order valence-corrected chi connectivity index (χ3v) is 5.24. The van der Waals surface area contributed by atoms with Gasteiger partial charge < -0.3 is 0 Å². The maximum atomic E-state index is 11.8. The smallest absolute Gasteiger partial charge is 0.224 e. The number of sulfone groups is 1. The summed E-state index contributed by atoms with van der Waals surface area (Å²) in [6.45, 7) is 1.86. The predicted octanol–water partition coefficient (Wildman–Crippen LogP) is 1.73. The number of hydrogen-bond acceptors (Lipinski definition) is 4. The number of halogens is 1. The first kappa shape index (κ1) is 14.5. The van der Waals surface area contributed by atoms with Crippen LogP contribution in [0.3, 0.4) is 0 Å². The van der Waals surface area contributed by atoms with E-state index in [0.717, 1.165) is 5.56 Å². The van der Waals surface area contributed by atoms with Crippen LogP contribution in [0.15, 0.2) is 29.2 Å². The molecule has 0 aliphatic carbocycles. The van der Waals surface area contributed by atoms with Crippen LogP contribution in [0, 0.1) is 6.92 Å². The molecule has 0 spiro atoms. The Hall–Kier alpha value is -0.590. The third-order valence-electron chi connectivity index (χ3n) is 2.18. The molecule has 1 aromatic rings. The van der Waals surface area contributed by atoms with Gasteiger partial charge >= 0.3 is 0 Å². The lowest BCUT2D eigenvalue weighted by Crippen LogP contribution is -2.10. The van der Waals surface area contributed by atoms with Gasteiger partial charge in [-0.3, -0.25) is 0 Å². The molecular formula is C10H13ClO4S2. The molecule has 0 fully saturated rings. The van der Waals surface area contributed by atoms with Crippen LogP contribution in [0.1, 0.15) is 12.0 Å². The van der Waals surface area contributed by atoms with Crippen molar-refractivity contribution in [2.75, 3.05) is 11.5 Å². The van der Waals surface area contributed by atoms with Crippen LogP contribution in [-0.2, 0) is 18.9 Å². The molecule has 96 valence electrons. The molecule has 0 amide bonds. The minimum absolute atomic E-state index is 0.00203. The van der Waals surface area contributed by atoms with E-state index in [9.17, 15) is 16.8 Å². The highest BCUT2D eigenvalue weighted by Gasteiger charge is 2.15. The summed E-state index contributed by atoms with van der Waals surface area (Å²) in [5, 5.41) is 0. The van der Waals surface area contributed by atoms with E-state index in [4.69, 9.17) is 10.7 Å². The second-order valence-electron chi connectivity index (χ2n) is 3.73. The standard InChI is InChI=1S/C10H13ClO4S2/c1-9-3-5-10(6-4-9)16(12,13)7-2-8-17(11,14)15/h3-6H,2,7-8H2,1H3. The van der Waals surface area contributed by atoms with Crippen LogP contribution in [0.4, 0.5) is 0 Å². The van der Waals surface area contributed by atoms with Crippen LogP contribution < -0.4 is 0 Å². The summed E-state index contributed by atoms with van der Waals surface area (Å²) in [5.74, 6) is -0.554. The number of hydrogen-bond donors (Lipinski definition) is 0. The molecule has 0 saturated heterocycles. The van der Waals surface area contributed by atoms with Crippen molar-refractivity contribution in [1.82, 2.24) is 0 Å². The Morgan fingerprint density at radius 1 is 1.00 bits per heavy atom. The zero-order valence-electron chi connectivity index (χ0n) is 9.26. The van der Waals surface area contributed by atoms with E-state index in [-0.39, 0.29) is 22.8 Å². The highest BCUT2D eigenvalue weighted by molar-refractivity contribution is 8.13. The monoisotopic (exact) mass is 296 g/mol. The molecule has 7 heteroatoms. The van der Waals surface area contributed by atoms with Gasteiger partial charge in [-0.1, -0.05) is 17.7 Å². The van der Waals surface area contributed by atoms with E-state index < -0.39 is 18.9 Å². The Morgan fingerprint density at radius 3 is 2.00 bits per heavy atom. The summed E-state index contributed by atoms with van der Waals surface area (Å²) >= 11 is 0. The molecule has 0 saturated carbocycles. The molecular weight excluding hydrogens is 284 g/mol. The summed E-state index contributed by atoms with van der Waals surface area (Å²) < 4.78 is 44.9. The second-order valence-corrected chi connectivity index (χ2v) is 8.73. The van der Waals surface area contributed by atoms with E-state index in [1.165, 1.54) is 12.1 Å². The highest BCUT2D eigenvalue weighted by atomic mass is 35.7. The average molecular weight is 297 g/mol. The molecule has 0 bridgehead atoms. The Labute approximate surface area is 106 Å². The first-order chi connectivity index (χ1) is 7.71. The van der Waals surface area contributed by atoms with Gasteiger partial charge in [-0.05, 0) is 25.5 Å². The SMILES string of the molecule is Cc1ccc(S(=O)(=O)CCCS(=O)(=O)Cl)cc1. The van der Waals surface area contributed by atoms with Crippen molar-refractivity contribution in [3.05, 3.63) is 29.8 Å². The molecule has 0 N–H and O–H groups in total. The summed E-state index contributed by atoms with van der Waals surface area (Å²) in [7, 11) is -2.04. The van der Waals surface area contributed by atoms with E-state index >= 15 is 0 Å². The summed E-state index contributed by atoms with van der Waals surface area (Å²) in [5.41, 5.74) is 0.965. The van der Waals surface area contributed by atoms with Crippen LogP contribution in [0.5, 0.6) is 0 Å². The Kier molecular flexibility index (Phi) is 4.57. The maximum Gasteiger partial charge on any atom is 0.232 e. The second kappa shape index (κ2) is 5.37. The molecule has 1 aromatic carbocycles. The van der Waals surface area contributed by atoms with Crippen molar-refractivity contribution in [3.8, 4) is 0 Å². The van der Waals surface area contributed by atoms with Gasteiger partial charge in [-0.25, -0.2) is 16.8 Å². The predicted molar refractivity (Wildman–Crippen MR) is 67.5 cm³/mol. The normalized spacial score (nSPS) is 12.6. The van der Waals surface area contributed by atoms with Gasteiger partial charge in [-0.15, -0.1) is 0 Å². The molecule has 0 aliphatic rings. The Balaban J connectivity index is 2.73. The molecule has 0 heterocycles. The van der Waals surface area contributed by atoms with Crippen molar-refractivity contribution in [2.45, 2.75) is 18.2 Å². The lowest BCUT2D eigenvalue weighted by Gasteiger charge is -2.03. The van der Waals surface area contributed by atoms with Gasteiger partial charge in [0, 0.05) is 10.7 Å². The summed E-state index contributed by atoms with van der Waals surface area (Å²) in [6, 6.07) is 6.43. The summed E-state index contributed by atoms with van der Waals surface area (Å²) in [6.07, 6.45) is 0.00203. The van der Waals surface area contributed by atoms with Crippen molar-refractivity contribution in [2.24, 2.45) is 0 Å². The molecule has 0 radical (unpaired) electrons. The van der Waals surface area contributed by atoms with Crippen LogP contribution >= 0.6 is 10.7 Å². The van der Waals surface area contributed by atoms with Gasteiger partial charge in [0.2, 0.25) is 9.05 Å². The number of benzene rings is 1. The number of aryl methyl sites for hydroxylation is 1. The molecule has 0 aromatic heterocycles. The Morgan fingerprint density at radius 2 is 1.53 bits per heavy atom. The van der Waals surface area contributed by atoms with Crippen LogP contribution in [-0.4, -0.2) is 28.3 Å². The Bertz CT molecular complexity index is 573. The van der Waals surface area contributed by atoms with Gasteiger partial charge in [0.1, 0.15) is 0 Å². The minimum Gasteiger partial charge on any atom is -0.224 e. The van der Waals surface area contributed by atoms with Crippen molar-refractivity contribution in [3.63, 3.8) is 0 Å². The highest BCUT2D eigenvalue weighted by Crippen LogP contribution is 2.13. The lowest BCUT2D eigenvalue weighted by atomic mass is 10.2. The maximum absolute atomic E-state index is 11.8. The molecule has 17 heavy (non-hydrogen) atoms. The number of rotatable bonds is 5. The van der Waals surface area contributed by atoms with E-state index in [1.807, 2.05) is 6.92 Å². The largest absolute Gasteiger partial charge is 0.232 e. The molecule has 0 aliphatic heterocycles. The summed E-state index contributed by atoms with van der Waals surface area (Å²) in [4.78, 5) is 0.204. The van der Waals surface area contributed by atoms with Crippen molar-refractivity contribution >= 4 is 29.6 Å². The van der Waals surface area contributed by atoms with Gasteiger partial charge in [0.05, 0.1) is 16.4 Å². The van der Waals surface area contributed by atoms with Crippen LogP contribution in [0.2, 0.25) is 0 Å². The fourth-order valence-corrected chi connectivity index (χ4v) is 3.59. The topological polar surface area (TPSA) is 68.3 Å². The van der Waals surface area contributed by atoms with Crippen LogP contribution in [0.25, 0.3) is 0 Å². The quantitative estimate of drug-likeness (QED) is 0.776. The van der Waals surface area contributed by atoms with Gasteiger partial charge in [0.25, 0.3) is 0 Å². The van der Waals surface area contributed by atoms with E-state index in [0.29, 0.717) is 0 Å².